The van der Waals surface area contributed by atoms with Crippen molar-refractivity contribution >= 4 is 11.8 Å². The number of rotatable bonds is 7. The van der Waals surface area contributed by atoms with E-state index in [0.29, 0.717) is 18.9 Å². The van der Waals surface area contributed by atoms with Crippen LogP contribution in [0.2, 0.25) is 0 Å². The molecule has 0 spiro atoms. The van der Waals surface area contributed by atoms with E-state index in [1.54, 1.807) is 4.90 Å². The van der Waals surface area contributed by atoms with Gasteiger partial charge in [0.1, 0.15) is 5.54 Å². The maximum atomic E-state index is 13.4. The second-order valence-corrected chi connectivity index (χ2v) is 9.36. The lowest BCUT2D eigenvalue weighted by molar-refractivity contribution is -0.157. The number of nitrogens with one attached hydrogen (secondary N) is 1. The molecule has 4 heteroatoms. The van der Waals surface area contributed by atoms with Crippen molar-refractivity contribution in [3.05, 3.63) is 71.8 Å². The van der Waals surface area contributed by atoms with Gasteiger partial charge in [0.15, 0.2) is 0 Å². The highest BCUT2D eigenvalue weighted by molar-refractivity contribution is 5.93. The van der Waals surface area contributed by atoms with E-state index >= 15 is 0 Å². The van der Waals surface area contributed by atoms with Gasteiger partial charge in [0, 0.05) is 25.4 Å². The van der Waals surface area contributed by atoms with Crippen LogP contribution in [0.4, 0.5) is 0 Å². The maximum absolute atomic E-state index is 13.4. The monoisotopic (exact) mass is 418 g/mol. The van der Waals surface area contributed by atoms with Crippen LogP contribution in [0.25, 0.3) is 0 Å². The molecule has 0 bridgehead atoms. The third-order valence-electron chi connectivity index (χ3n) is 7.27. The molecule has 1 aliphatic carbocycles. The predicted molar refractivity (Wildman–Crippen MR) is 124 cm³/mol. The summed E-state index contributed by atoms with van der Waals surface area (Å²) in [7, 11) is 0. The molecule has 4 rings (SSSR count). The van der Waals surface area contributed by atoms with E-state index in [0.717, 1.165) is 24.1 Å². The molecule has 2 aromatic carbocycles. The van der Waals surface area contributed by atoms with Crippen LogP contribution in [-0.4, -0.2) is 35.3 Å². The van der Waals surface area contributed by atoms with Gasteiger partial charge in [-0.05, 0) is 43.2 Å². The van der Waals surface area contributed by atoms with Gasteiger partial charge in [-0.2, -0.15) is 0 Å². The summed E-state index contributed by atoms with van der Waals surface area (Å²) >= 11 is 0. The van der Waals surface area contributed by atoms with Crippen molar-refractivity contribution in [2.24, 2.45) is 5.92 Å². The lowest BCUT2D eigenvalue weighted by atomic mass is 9.82. The number of carbonyl (C=O) groups is 2. The Morgan fingerprint density at radius 1 is 0.968 bits per heavy atom. The minimum absolute atomic E-state index is 0.00801. The molecule has 0 aromatic heterocycles. The molecule has 1 unspecified atom stereocenters. The van der Waals surface area contributed by atoms with Crippen LogP contribution in [0, 0.1) is 5.92 Å². The summed E-state index contributed by atoms with van der Waals surface area (Å²) in [6, 6.07) is 20.4. The van der Waals surface area contributed by atoms with Crippen LogP contribution >= 0.6 is 0 Å². The summed E-state index contributed by atoms with van der Waals surface area (Å²) < 4.78 is 0. The molecule has 4 nitrogen and oxygen atoms in total. The average Bonchev–Trinajstić information content (AvgIpc) is 2.81. The Morgan fingerprint density at radius 3 is 2.06 bits per heavy atom. The molecule has 31 heavy (non-hydrogen) atoms. The van der Waals surface area contributed by atoms with Gasteiger partial charge < -0.3 is 10.2 Å². The molecule has 2 aromatic rings. The molecule has 1 saturated carbocycles. The first kappa shape index (κ1) is 21.6. The first-order valence-corrected chi connectivity index (χ1v) is 11.8. The molecule has 2 amide bonds. The summed E-state index contributed by atoms with van der Waals surface area (Å²) in [5, 5.41) is 3.16. The third-order valence-corrected chi connectivity index (χ3v) is 7.27. The molecule has 164 valence electrons. The smallest absolute Gasteiger partial charge is 0.245 e. The number of hydrogen-bond donors (Lipinski definition) is 1. The predicted octanol–water partition coefficient (Wildman–Crippen LogP) is 4.90. The molecule has 2 aliphatic rings. The van der Waals surface area contributed by atoms with Gasteiger partial charge in [-0.15, -0.1) is 0 Å². The second kappa shape index (κ2) is 9.67. The van der Waals surface area contributed by atoms with E-state index in [1.165, 1.54) is 32.1 Å². The lowest BCUT2D eigenvalue weighted by Crippen LogP contribution is -2.67. The highest BCUT2D eigenvalue weighted by Crippen LogP contribution is 2.35. The number of amides is 2. The number of carbonyl (C=O) groups excluding carboxylic acids is 2. The molecule has 1 saturated heterocycles. The summed E-state index contributed by atoms with van der Waals surface area (Å²) in [6.45, 7) is 3.32. The maximum Gasteiger partial charge on any atom is 0.245 e. The highest BCUT2D eigenvalue weighted by Gasteiger charge is 2.49. The van der Waals surface area contributed by atoms with Gasteiger partial charge in [0.2, 0.25) is 11.8 Å². The molecular weight excluding hydrogens is 384 g/mol. The number of hydrogen-bond acceptors (Lipinski definition) is 2. The van der Waals surface area contributed by atoms with Crippen LogP contribution in [0.1, 0.15) is 68.9 Å². The normalized spacial score (nSPS) is 21.5. The van der Waals surface area contributed by atoms with E-state index in [4.69, 9.17) is 0 Å². The molecule has 2 fully saturated rings. The Bertz CT molecular complexity index is 837. The molecule has 1 heterocycles. The SMILES string of the molecule is CC1(C(=O)NCC2CCCCC2)CCN1C(=O)CC(c1ccccc1)c1ccccc1. The Hall–Kier alpha value is -2.62. The van der Waals surface area contributed by atoms with Crippen LogP contribution in [0.3, 0.4) is 0 Å². The van der Waals surface area contributed by atoms with Crippen LogP contribution < -0.4 is 5.32 Å². The number of likely N-dealkylation sites (tertiary alicyclic amines) is 1. The molecule has 1 aliphatic heterocycles. The van der Waals surface area contributed by atoms with E-state index in [1.807, 2.05) is 43.3 Å². The highest BCUT2D eigenvalue weighted by atomic mass is 16.2. The standard InChI is InChI=1S/C27H34N2O2/c1-27(26(31)28-20-21-11-5-2-6-12-21)17-18-29(27)25(30)19-24(22-13-7-3-8-14-22)23-15-9-4-10-16-23/h3-4,7-10,13-16,21,24H,2,5-6,11-12,17-20H2,1H3,(H,28,31). The zero-order valence-electron chi connectivity index (χ0n) is 18.6. The van der Waals surface area contributed by atoms with Gasteiger partial charge in [-0.3, -0.25) is 9.59 Å². The third kappa shape index (κ3) is 4.84. The van der Waals surface area contributed by atoms with Gasteiger partial charge in [-0.1, -0.05) is 79.9 Å². The first-order chi connectivity index (χ1) is 15.1. The van der Waals surface area contributed by atoms with Crippen molar-refractivity contribution in [2.45, 2.75) is 63.3 Å². The minimum atomic E-state index is -0.719. The van der Waals surface area contributed by atoms with Crippen molar-refractivity contribution in [1.29, 1.82) is 0 Å². The average molecular weight is 419 g/mol. The van der Waals surface area contributed by atoms with Crippen molar-refractivity contribution in [3.8, 4) is 0 Å². The summed E-state index contributed by atoms with van der Waals surface area (Å²) in [4.78, 5) is 28.2. The Balaban J connectivity index is 1.43. The van der Waals surface area contributed by atoms with E-state index in [-0.39, 0.29) is 17.7 Å². The van der Waals surface area contributed by atoms with Gasteiger partial charge >= 0.3 is 0 Å². The summed E-state index contributed by atoms with van der Waals surface area (Å²) in [6.07, 6.45) is 7.36. The quantitative estimate of drug-likeness (QED) is 0.695. The van der Waals surface area contributed by atoms with E-state index in [9.17, 15) is 9.59 Å². The zero-order valence-corrected chi connectivity index (χ0v) is 18.6. The first-order valence-electron chi connectivity index (χ1n) is 11.8. The molecular formula is C27H34N2O2. The molecule has 0 radical (unpaired) electrons. The van der Waals surface area contributed by atoms with Crippen molar-refractivity contribution in [3.63, 3.8) is 0 Å². The van der Waals surface area contributed by atoms with Gasteiger partial charge in [0.25, 0.3) is 0 Å². The summed E-state index contributed by atoms with van der Waals surface area (Å²) in [5.74, 6) is 0.643. The fourth-order valence-electron chi connectivity index (χ4n) is 5.10. The topological polar surface area (TPSA) is 49.4 Å². The van der Waals surface area contributed by atoms with E-state index in [2.05, 4.69) is 29.6 Å². The minimum Gasteiger partial charge on any atom is -0.354 e. The Morgan fingerprint density at radius 2 is 1.55 bits per heavy atom. The molecule has 1 N–H and O–H groups in total. The van der Waals surface area contributed by atoms with Crippen LogP contribution in [-0.2, 0) is 9.59 Å². The van der Waals surface area contributed by atoms with Crippen molar-refractivity contribution in [1.82, 2.24) is 10.2 Å². The van der Waals surface area contributed by atoms with Gasteiger partial charge in [0.05, 0.1) is 0 Å². The van der Waals surface area contributed by atoms with Crippen molar-refractivity contribution in [2.75, 3.05) is 13.1 Å². The van der Waals surface area contributed by atoms with Crippen molar-refractivity contribution < 1.29 is 9.59 Å². The van der Waals surface area contributed by atoms with E-state index < -0.39 is 5.54 Å². The largest absolute Gasteiger partial charge is 0.354 e. The second-order valence-electron chi connectivity index (χ2n) is 9.36. The Labute approximate surface area is 186 Å². The summed E-state index contributed by atoms with van der Waals surface area (Å²) in [5.41, 5.74) is 1.54. The van der Waals surface area contributed by atoms with Crippen LogP contribution in [0.15, 0.2) is 60.7 Å². The number of nitrogens with zero attached hydrogens (tertiary/aromatic N) is 1. The van der Waals surface area contributed by atoms with Gasteiger partial charge in [-0.25, -0.2) is 0 Å². The fourth-order valence-corrected chi connectivity index (χ4v) is 5.10. The lowest BCUT2D eigenvalue weighted by Gasteiger charge is -2.49. The Kier molecular flexibility index (Phi) is 6.74. The zero-order chi connectivity index (χ0) is 21.7. The molecule has 1 atom stereocenters. The number of benzene rings is 2. The fraction of sp³-hybridized carbons (Fsp3) is 0.481. The van der Waals surface area contributed by atoms with Crippen LogP contribution in [0.5, 0.6) is 0 Å².